The van der Waals surface area contributed by atoms with Gasteiger partial charge in [-0.2, -0.15) is 0 Å². The highest BCUT2D eigenvalue weighted by Gasteiger charge is 2.09. The number of aromatic nitrogens is 2. The van der Waals surface area contributed by atoms with Crippen LogP contribution in [0.15, 0.2) is 30.6 Å². The minimum atomic E-state index is -0.225. The fourth-order valence-corrected chi connectivity index (χ4v) is 2.28. The summed E-state index contributed by atoms with van der Waals surface area (Å²) in [5, 5.41) is 3.25. The zero-order valence-electron chi connectivity index (χ0n) is 9.61. The minimum absolute atomic E-state index is 0.225. The van der Waals surface area contributed by atoms with E-state index in [1.165, 1.54) is 12.1 Å². The molecule has 1 aromatic heterocycles. The summed E-state index contributed by atoms with van der Waals surface area (Å²) in [6.07, 6.45) is 3.59. The molecule has 90 valence electrons. The number of imidazole rings is 1. The zero-order valence-corrected chi connectivity index (χ0v) is 11.8. The highest BCUT2D eigenvalue weighted by atomic mass is 127. The second-order valence-electron chi connectivity index (χ2n) is 4.02. The first-order chi connectivity index (χ1) is 8.08. The normalized spacial score (nSPS) is 10.9. The van der Waals surface area contributed by atoms with E-state index in [0.29, 0.717) is 6.04 Å². The third-order valence-electron chi connectivity index (χ3n) is 2.23. The third kappa shape index (κ3) is 2.77. The Hall–Kier alpha value is -1.11. The van der Waals surface area contributed by atoms with Crippen molar-refractivity contribution in [3.8, 4) is 5.69 Å². The second-order valence-corrected chi connectivity index (χ2v) is 5.18. The first kappa shape index (κ1) is 12.3. The first-order valence-electron chi connectivity index (χ1n) is 5.33. The molecule has 0 aliphatic carbocycles. The van der Waals surface area contributed by atoms with Crippen LogP contribution in [0.2, 0.25) is 0 Å². The maximum Gasteiger partial charge on any atom is 0.207 e. The van der Waals surface area contributed by atoms with Gasteiger partial charge in [0.2, 0.25) is 5.95 Å². The highest BCUT2D eigenvalue weighted by molar-refractivity contribution is 14.1. The van der Waals surface area contributed by atoms with Crippen LogP contribution in [0, 0.1) is 9.39 Å². The maximum absolute atomic E-state index is 13.1. The van der Waals surface area contributed by atoms with Crippen LogP contribution in [0.3, 0.4) is 0 Å². The number of benzene rings is 1. The SMILES string of the molecule is CC(C)Nc1nccn1-c1ccc(F)cc1I. The van der Waals surface area contributed by atoms with Crippen LogP contribution >= 0.6 is 22.6 Å². The van der Waals surface area contributed by atoms with Gasteiger partial charge in [-0.1, -0.05) is 0 Å². The first-order valence-corrected chi connectivity index (χ1v) is 6.41. The molecule has 0 saturated carbocycles. The van der Waals surface area contributed by atoms with E-state index in [1.54, 1.807) is 12.3 Å². The lowest BCUT2D eigenvalue weighted by molar-refractivity contribution is 0.626. The summed E-state index contributed by atoms with van der Waals surface area (Å²) in [4.78, 5) is 4.25. The van der Waals surface area contributed by atoms with Crippen molar-refractivity contribution >= 4 is 28.5 Å². The standard InChI is InChI=1S/C12H13FIN3/c1-8(2)16-12-15-5-6-17(12)11-4-3-9(13)7-10(11)14/h3-8H,1-2H3,(H,15,16). The summed E-state index contributed by atoms with van der Waals surface area (Å²) in [5.74, 6) is 0.543. The number of halogens is 2. The van der Waals surface area contributed by atoms with E-state index in [-0.39, 0.29) is 5.82 Å². The lowest BCUT2D eigenvalue weighted by Crippen LogP contribution is -2.14. The summed E-state index contributed by atoms with van der Waals surface area (Å²) in [7, 11) is 0. The molecule has 0 amide bonds. The molecule has 0 unspecified atom stereocenters. The molecule has 0 spiro atoms. The average Bonchev–Trinajstić information content (AvgIpc) is 2.65. The Morgan fingerprint density at radius 3 is 2.82 bits per heavy atom. The monoisotopic (exact) mass is 345 g/mol. The predicted octanol–water partition coefficient (Wildman–Crippen LogP) is 3.44. The van der Waals surface area contributed by atoms with Crippen LogP contribution < -0.4 is 5.32 Å². The number of nitrogens with zero attached hydrogens (tertiary/aromatic N) is 2. The largest absolute Gasteiger partial charge is 0.353 e. The van der Waals surface area contributed by atoms with Crippen molar-refractivity contribution in [2.24, 2.45) is 0 Å². The van der Waals surface area contributed by atoms with E-state index in [0.717, 1.165) is 15.2 Å². The summed E-state index contributed by atoms with van der Waals surface area (Å²) < 4.78 is 15.8. The van der Waals surface area contributed by atoms with Gasteiger partial charge in [0.25, 0.3) is 0 Å². The molecule has 0 bridgehead atoms. The summed E-state index contributed by atoms with van der Waals surface area (Å²) in [5.41, 5.74) is 0.924. The fourth-order valence-electron chi connectivity index (χ4n) is 1.54. The van der Waals surface area contributed by atoms with E-state index in [1.807, 2.05) is 10.8 Å². The van der Waals surface area contributed by atoms with Crippen molar-refractivity contribution in [3.05, 3.63) is 40.0 Å². The molecule has 1 aromatic carbocycles. The predicted molar refractivity (Wildman–Crippen MR) is 75.0 cm³/mol. The number of hydrogen-bond acceptors (Lipinski definition) is 2. The quantitative estimate of drug-likeness (QED) is 0.864. The smallest absolute Gasteiger partial charge is 0.207 e. The zero-order chi connectivity index (χ0) is 12.4. The van der Waals surface area contributed by atoms with Gasteiger partial charge in [-0.3, -0.25) is 4.57 Å². The molecule has 1 heterocycles. The lowest BCUT2D eigenvalue weighted by Gasteiger charge is -2.13. The molecule has 3 nitrogen and oxygen atoms in total. The van der Waals surface area contributed by atoms with Gasteiger partial charge in [-0.15, -0.1) is 0 Å². The minimum Gasteiger partial charge on any atom is -0.353 e. The van der Waals surface area contributed by atoms with Crippen molar-refractivity contribution in [3.63, 3.8) is 0 Å². The van der Waals surface area contributed by atoms with Gasteiger partial charge in [0.1, 0.15) is 5.82 Å². The summed E-state index contributed by atoms with van der Waals surface area (Å²) in [6, 6.07) is 5.02. The Morgan fingerprint density at radius 2 is 2.18 bits per heavy atom. The van der Waals surface area contributed by atoms with Gasteiger partial charge in [0, 0.05) is 22.0 Å². The molecule has 0 saturated heterocycles. The van der Waals surface area contributed by atoms with Crippen LogP contribution in [0.25, 0.3) is 5.69 Å². The van der Waals surface area contributed by atoms with E-state index in [2.05, 4.69) is 46.7 Å². The van der Waals surface area contributed by atoms with E-state index in [9.17, 15) is 4.39 Å². The highest BCUT2D eigenvalue weighted by Crippen LogP contribution is 2.21. The molecule has 0 fully saturated rings. The van der Waals surface area contributed by atoms with Gasteiger partial charge in [0.05, 0.1) is 5.69 Å². The van der Waals surface area contributed by atoms with Crippen molar-refractivity contribution < 1.29 is 4.39 Å². The lowest BCUT2D eigenvalue weighted by atomic mass is 10.3. The summed E-state index contributed by atoms with van der Waals surface area (Å²) in [6.45, 7) is 4.10. The molecule has 17 heavy (non-hydrogen) atoms. The van der Waals surface area contributed by atoms with Crippen LogP contribution in [0.4, 0.5) is 10.3 Å². The molecule has 0 aliphatic heterocycles. The topological polar surface area (TPSA) is 29.9 Å². The molecule has 0 radical (unpaired) electrons. The van der Waals surface area contributed by atoms with Crippen molar-refractivity contribution in [1.29, 1.82) is 0 Å². The Balaban J connectivity index is 2.42. The van der Waals surface area contributed by atoms with Crippen molar-refractivity contribution in [1.82, 2.24) is 9.55 Å². The molecule has 2 rings (SSSR count). The van der Waals surface area contributed by atoms with E-state index < -0.39 is 0 Å². The number of anilines is 1. The van der Waals surface area contributed by atoms with Crippen LogP contribution in [-0.2, 0) is 0 Å². The molecular formula is C12H13FIN3. The van der Waals surface area contributed by atoms with Crippen LogP contribution in [-0.4, -0.2) is 15.6 Å². The molecular weight excluding hydrogens is 332 g/mol. The molecule has 1 N–H and O–H groups in total. The Labute approximate surface area is 113 Å². The average molecular weight is 345 g/mol. The van der Waals surface area contributed by atoms with Gasteiger partial charge in [-0.25, -0.2) is 9.37 Å². The Kier molecular flexibility index (Phi) is 3.66. The van der Waals surface area contributed by atoms with E-state index >= 15 is 0 Å². The van der Waals surface area contributed by atoms with Gasteiger partial charge in [0.15, 0.2) is 0 Å². The van der Waals surface area contributed by atoms with Gasteiger partial charge < -0.3 is 5.32 Å². The molecule has 0 aliphatic rings. The number of nitrogens with one attached hydrogen (secondary N) is 1. The Morgan fingerprint density at radius 1 is 1.41 bits per heavy atom. The van der Waals surface area contributed by atoms with Crippen molar-refractivity contribution in [2.45, 2.75) is 19.9 Å². The molecule has 5 heteroatoms. The molecule has 0 atom stereocenters. The fraction of sp³-hybridized carbons (Fsp3) is 0.250. The van der Waals surface area contributed by atoms with Crippen LogP contribution in [0.5, 0.6) is 0 Å². The third-order valence-corrected chi connectivity index (χ3v) is 3.09. The molecule has 2 aromatic rings. The number of hydrogen-bond donors (Lipinski definition) is 1. The number of rotatable bonds is 3. The van der Waals surface area contributed by atoms with Crippen molar-refractivity contribution in [2.75, 3.05) is 5.32 Å². The van der Waals surface area contributed by atoms with Gasteiger partial charge in [-0.05, 0) is 54.6 Å². The van der Waals surface area contributed by atoms with Gasteiger partial charge >= 0.3 is 0 Å². The second kappa shape index (κ2) is 5.03. The van der Waals surface area contributed by atoms with E-state index in [4.69, 9.17) is 0 Å². The maximum atomic E-state index is 13.1. The Bertz CT molecular complexity index is 522. The van der Waals surface area contributed by atoms with Crippen LogP contribution in [0.1, 0.15) is 13.8 Å². The summed E-state index contributed by atoms with van der Waals surface area (Å²) >= 11 is 2.12.